The van der Waals surface area contributed by atoms with Crippen LogP contribution >= 0.6 is 0 Å². The number of nitrogens with one attached hydrogen (secondary N) is 1. The molecule has 2 aromatic carbocycles. The van der Waals surface area contributed by atoms with E-state index in [9.17, 15) is 4.79 Å². The highest BCUT2D eigenvalue weighted by Crippen LogP contribution is 2.08. The highest BCUT2D eigenvalue weighted by molar-refractivity contribution is 5.82. The molecule has 0 saturated heterocycles. The second-order valence-corrected chi connectivity index (χ2v) is 5.21. The van der Waals surface area contributed by atoms with Crippen LogP contribution in [0.5, 0.6) is 0 Å². The van der Waals surface area contributed by atoms with E-state index in [0.29, 0.717) is 13.0 Å². The van der Waals surface area contributed by atoms with E-state index in [2.05, 4.69) is 17.4 Å². The highest BCUT2D eigenvalue weighted by atomic mass is 16.2. The van der Waals surface area contributed by atoms with Gasteiger partial charge in [0, 0.05) is 13.6 Å². The number of nitrogens with zero attached hydrogens (tertiary/aromatic N) is 1. The van der Waals surface area contributed by atoms with Crippen LogP contribution in [0.1, 0.15) is 11.1 Å². The number of hydrogen-bond donors (Lipinski definition) is 1. The van der Waals surface area contributed by atoms with Gasteiger partial charge in [-0.05, 0) is 24.6 Å². The minimum Gasteiger partial charge on any atom is -0.340 e. The summed E-state index contributed by atoms with van der Waals surface area (Å²) >= 11 is 0. The zero-order chi connectivity index (χ0) is 15.1. The fourth-order valence-corrected chi connectivity index (χ4v) is 2.36. The van der Waals surface area contributed by atoms with Crippen molar-refractivity contribution in [3.63, 3.8) is 0 Å². The van der Waals surface area contributed by atoms with Crippen LogP contribution in [0, 0.1) is 0 Å². The first-order valence-electron chi connectivity index (χ1n) is 7.21. The zero-order valence-corrected chi connectivity index (χ0v) is 12.6. The van der Waals surface area contributed by atoms with E-state index < -0.39 is 0 Å². The van der Waals surface area contributed by atoms with E-state index in [4.69, 9.17) is 0 Å². The quantitative estimate of drug-likeness (QED) is 0.883. The Bertz CT molecular complexity index is 554. The van der Waals surface area contributed by atoms with Gasteiger partial charge in [0.25, 0.3) is 0 Å². The third kappa shape index (κ3) is 4.43. The topological polar surface area (TPSA) is 32.3 Å². The third-order valence-electron chi connectivity index (χ3n) is 3.57. The lowest BCUT2D eigenvalue weighted by atomic mass is 10.0. The molecule has 2 aromatic rings. The van der Waals surface area contributed by atoms with Crippen LogP contribution in [0.2, 0.25) is 0 Å². The fourth-order valence-electron chi connectivity index (χ4n) is 2.36. The van der Waals surface area contributed by atoms with Crippen molar-refractivity contribution in [2.24, 2.45) is 0 Å². The molecule has 0 aromatic heterocycles. The molecular formula is C18H22N2O. The molecule has 1 N–H and O–H groups in total. The summed E-state index contributed by atoms with van der Waals surface area (Å²) in [6.07, 6.45) is 0.704. The average molecular weight is 282 g/mol. The molecule has 0 aliphatic heterocycles. The summed E-state index contributed by atoms with van der Waals surface area (Å²) in [5.41, 5.74) is 2.31. The molecule has 0 fully saturated rings. The van der Waals surface area contributed by atoms with Crippen LogP contribution in [0.4, 0.5) is 0 Å². The van der Waals surface area contributed by atoms with Crippen molar-refractivity contribution < 1.29 is 4.79 Å². The average Bonchev–Trinajstić information content (AvgIpc) is 2.54. The van der Waals surface area contributed by atoms with Crippen molar-refractivity contribution in [2.75, 3.05) is 14.1 Å². The number of amides is 1. The van der Waals surface area contributed by atoms with Gasteiger partial charge in [-0.2, -0.15) is 0 Å². The molecular weight excluding hydrogens is 260 g/mol. The van der Waals surface area contributed by atoms with Crippen LogP contribution in [-0.2, 0) is 17.8 Å². The maximum absolute atomic E-state index is 12.5. The fraction of sp³-hybridized carbons (Fsp3) is 0.278. The molecule has 0 heterocycles. The number of carbonyl (C=O) groups is 1. The summed E-state index contributed by atoms with van der Waals surface area (Å²) in [6.45, 7) is 0.632. The molecule has 21 heavy (non-hydrogen) atoms. The summed E-state index contributed by atoms with van der Waals surface area (Å²) in [6, 6.07) is 19.9. The lowest BCUT2D eigenvalue weighted by Crippen LogP contribution is -2.44. The van der Waals surface area contributed by atoms with E-state index in [0.717, 1.165) is 5.56 Å². The maximum atomic E-state index is 12.5. The Kier molecular flexibility index (Phi) is 5.52. The Hall–Kier alpha value is -2.13. The zero-order valence-electron chi connectivity index (χ0n) is 12.6. The van der Waals surface area contributed by atoms with Crippen molar-refractivity contribution in [3.8, 4) is 0 Å². The third-order valence-corrected chi connectivity index (χ3v) is 3.57. The van der Waals surface area contributed by atoms with Gasteiger partial charge >= 0.3 is 0 Å². The molecule has 0 aliphatic rings. The van der Waals surface area contributed by atoms with Gasteiger partial charge in [-0.15, -0.1) is 0 Å². The van der Waals surface area contributed by atoms with Gasteiger partial charge in [0.1, 0.15) is 0 Å². The molecule has 1 amide bonds. The molecule has 0 saturated carbocycles. The number of carbonyl (C=O) groups excluding carboxylic acids is 1. The van der Waals surface area contributed by atoms with Gasteiger partial charge in [-0.25, -0.2) is 0 Å². The first kappa shape index (κ1) is 15.3. The van der Waals surface area contributed by atoms with Gasteiger partial charge < -0.3 is 10.2 Å². The number of benzene rings is 2. The molecule has 0 unspecified atom stereocenters. The lowest BCUT2D eigenvalue weighted by molar-refractivity contribution is -0.132. The minimum atomic E-state index is -0.193. The van der Waals surface area contributed by atoms with Gasteiger partial charge in [-0.1, -0.05) is 60.7 Å². The molecule has 1 atom stereocenters. The van der Waals surface area contributed by atoms with Gasteiger partial charge in [-0.3, -0.25) is 4.79 Å². The maximum Gasteiger partial charge on any atom is 0.240 e. The Balaban J connectivity index is 1.99. The van der Waals surface area contributed by atoms with Crippen LogP contribution in [-0.4, -0.2) is 30.9 Å². The summed E-state index contributed by atoms with van der Waals surface area (Å²) in [7, 11) is 3.69. The largest absolute Gasteiger partial charge is 0.340 e. The minimum absolute atomic E-state index is 0.116. The second-order valence-electron chi connectivity index (χ2n) is 5.21. The normalized spacial score (nSPS) is 11.9. The van der Waals surface area contributed by atoms with Crippen molar-refractivity contribution in [1.82, 2.24) is 10.2 Å². The first-order valence-corrected chi connectivity index (χ1v) is 7.21. The smallest absolute Gasteiger partial charge is 0.240 e. The molecule has 3 heteroatoms. The Morgan fingerprint density at radius 1 is 1.00 bits per heavy atom. The molecule has 0 bridgehead atoms. The molecule has 110 valence electrons. The molecule has 2 rings (SSSR count). The summed E-state index contributed by atoms with van der Waals surface area (Å²) in [4.78, 5) is 14.3. The Morgan fingerprint density at radius 3 is 2.05 bits per heavy atom. The number of hydrogen-bond acceptors (Lipinski definition) is 2. The summed E-state index contributed by atoms with van der Waals surface area (Å²) < 4.78 is 0. The molecule has 0 radical (unpaired) electrons. The van der Waals surface area contributed by atoms with E-state index in [1.54, 1.807) is 4.90 Å². The molecule has 0 aliphatic carbocycles. The van der Waals surface area contributed by atoms with Crippen molar-refractivity contribution in [1.29, 1.82) is 0 Å². The lowest BCUT2D eigenvalue weighted by Gasteiger charge is -2.23. The predicted molar refractivity (Wildman–Crippen MR) is 85.9 cm³/mol. The SMILES string of the molecule is CN[C@@H](Cc1ccccc1)C(=O)N(C)Cc1ccccc1. The standard InChI is InChI=1S/C18H22N2O/c1-19-17(13-15-9-5-3-6-10-15)18(21)20(2)14-16-11-7-4-8-12-16/h3-12,17,19H,13-14H2,1-2H3/t17-/m0/s1. The van der Waals surface area contributed by atoms with Crippen molar-refractivity contribution in [3.05, 3.63) is 71.8 Å². The second kappa shape index (κ2) is 7.60. The first-order chi connectivity index (χ1) is 10.2. The summed E-state index contributed by atoms with van der Waals surface area (Å²) in [5.74, 6) is 0.116. The van der Waals surface area contributed by atoms with Gasteiger partial charge in [0.05, 0.1) is 6.04 Å². The van der Waals surface area contributed by atoms with Crippen LogP contribution in [0.3, 0.4) is 0 Å². The van der Waals surface area contributed by atoms with E-state index in [1.807, 2.05) is 62.6 Å². The van der Waals surface area contributed by atoms with Gasteiger partial charge in [0.15, 0.2) is 0 Å². The summed E-state index contributed by atoms with van der Waals surface area (Å²) in [5, 5.41) is 3.13. The van der Waals surface area contributed by atoms with Gasteiger partial charge in [0.2, 0.25) is 5.91 Å². The van der Waals surface area contributed by atoms with E-state index >= 15 is 0 Å². The van der Waals surface area contributed by atoms with Crippen molar-refractivity contribution in [2.45, 2.75) is 19.0 Å². The van der Waals surface area contributed by atoms with E-state index in [-0.39, 0.29) is 11.9 Å². The van der Waals surface area contributed by atoms with Crippen LogP contribution in [0.25, 0.3) is 0 Å². The molecule has 0 spiro atoms. The van der Waals surface area contributed by atoms with Crippen molar-refractivity contribution >= 4 is 5.91 Å². The monoisotopic (exact) mass is 282 g/mol. The Labute approximate surface area is 126 Å². The number of likely N-dealkylation sites (N-methyl/N-ethyl adjacent to an activating group) is 2. The number of rotatable bonds is 6. The van der Waals surface area contributed by atoms with E-state index in [1.165, 1.54) is 5.56 Å². The van der Waals surface area contributed by atoms with Crippen LogP contribution < -0.4 is 5.32 Å². The highest BCUT2D eigenvalue weighted by Gasteiger charge is 2.20. The Morgan fingerprint density at radius 2 is 1.52 bits per heavy atom. The predicted octanol–water partition coefficient (Wildman–Crippen LogP) is 2.48. The van der Waals surface area contributed by atoms with Crippen LogP contribution in [0.15, 0.2) is 60.7 Å². The molecule has 3 nitrogen and oxygen atoms in total.